The van der Waals surface area contributed by atoms with Crippen LogP contribution in [0.2, 0.25) is 0 Å². The maximum absolute atomic E-state index is 14.1. The molecule has 68 heavy (non-hydrogen) atoms. The molecule has 13 nitrogen and oxygen atoms in total. The molecule has 2 fully saturated rings. The molecule has 1 saturated carbocycles. The van der Waals surface area contributed by atoms with Crippen LogP contribution in [0.5, 0.6) is 5.75 Å². The number of carbonyl (C=O) groups excluding carboxylic acids is 4. The molecule has 360 valence electrons. The molecule has 1 aromatic heterocycles. The quantitative estimate of drug-likeness (QED) is 0.0491. The molecule has 4 N–H and O–H groups in total. The van der Waals surface area contributed by atoms with Crippen LogP contribution >= 0.6 is 27.3 Å². The van der Waals surface area contributed by atoms with E-state index in [1.807, 2.05) is 82.6 Å². The zero-order valence-corrected chi connectivity index (χ0v) is 42.8. The Bertz CT molecular complexity index is 2550. The van der Waals surface area contributed by atoms with Gasteiger partial charge in [0.2, 0.25) is 23.4 Å². The lowest BCUT2D eigenvalue weighted by Gasteiger charge is -2.63. The summed E-state index contributed by atoms with van der Waals surface area (Å²) in [5.41, 5.74) is 5.17. The summed E-state index contributed by atoms with van der Waals surface area (Å²) < 4.78 is 12.8. The van der Waals surface area contributed by atoms with Crippen molar-refractivity contribution in [2.75, 3.05) is 19.8 Å². The van der Waals surface area contributed by atoms with E-state index >= 15 is 0 Å². The lowest BCUT2D eigenvalue weighted by molar-refractivity contribution is -0.164. The Morgan fingerprint density at radius 2 is 1.71 bits per heavy atom. The average molecular weight is 1010 g/mol. The number of aliphatic hydroxyl groups excluding tert-OH is 1. The molecular weight excluding hydrogens is 945 g/mol. The summed E-state index contributed by atoms with van der Waals surface area (Å²) in [4.78, 5) is 64.5. The molecule has 4 aromatic rings. The number of aliphatic hydroxyl groups is 1. The summed E-state index contributed by atoms with van der Waals surface area (Å²) >= 11 is 5.02. The highest BCUT2D eigenvalue weighted by Gasteiger charge is 2.64. The first kappa shape index (κ1) is 51.8. The van der Waals surface area contributed by atoms with E-state index < -0.39 is 35.4 Å². The number of amides is 4. The monoisotopic (exact) mass is 1010 g/mol. The molecule has 3 aromatic carbocycles. The van der Waals surface area contributed by atoms with Gasteiger partial charge in [0.15, 0.2) is 0 Å². The van der Waals surface area contributed by atoms with Gasteiger partial charge in [-0.2, -0.15) is 0 Å². The minimum absolute atomic E-state index is 0.0171. The van der Waals surface area contributed by atoms with Crippen LogP contribution in [0.25, 0.3) is 15.3 Å². The maximum atomic E-state index is 14.1. The normalized spacial score (nSPS) is 20.1. The van der Waals surface area contributed by atoms with Gasteiger partial charge in [0, 0.05) is 58.5 Å². The molecule has 0 bridgehead atoms. The second-order valence-corrected chi connectivity index (χ2v) is 21.8. The molecule has 1 saturated heterocycles. The Hall–Kier alpha value is -5.58. The van der Waals surface area contributed by atoms with Gasteiger partial charge < -0.3 is 35.4 Å². The molecular formula is C53H63BrN6O7S. The summed E-state index contributed by atoms with van der Waals surface area (Å²) in [5, 5.41) is 19.7. The Labute approximate surface area is 413 Å². The molecule has 2 heterocycles. The number of aryl methyl sites for hydroxylation is 1. The number of benzene rings is 3. The van der Waals surface area contributed by atoms with Gasteiger partial charge in [0.1, 0.15) is 30.5 Å². The van der Waals surface area contributed by atoms with Crippen molar-refractivity contribution in [3.8, 4) is 28.0 Å². The van der Waals surface area contributed by atoms with E-state index in [1.54, 1.807) is 35.6 Å². The second-order valence-electron chi connectivity index (χ2n) is 20.0. The molecule has 15 heteroatoms. The second kappa shape index (κ2) is 21.8. The zero-order chi connectivity index (χ0) is 49.6. The molecule has 2 aliphatic rings. The fourth-order valence-electron chi connectivity index (χ4n) is 9.47. The molecule has 4 amide bonds. The number of thiazole rings is 1. The van der Waals surface area contributed by atoms with Crippen molar-refractivity contribution in [2.45, 2.75) is 124 Å². The number of aromatic nitrogens is 1. The Morgan fingerprint density at radius 1 is 1.01 bits per heavy atom. The minimum atomic E-state index is -0.959. The number of nitrogens with zero attached hydrogens (tertiary/aromatic N) is 3. The number of carbonyl (C=O) groups is 4. The third-order valence-electron chi connectivity index (χ3n) is 12.9. The van der Waals surface area contributed by atoms with Crippen LogP contribution in [0.4, 0.5) is 5.69 Å². The lowest BCUT2D eigenvalue weighted by Crippen LogP contribution is -2.74. The molecule has 1 aliphatic carbocycles. The van der Waals surface area contributed by atoms with E-state index in [9.17, 15) is 24.3 Å². The Morgan fingerprint density at radius 3 is 2.32 bits per heavy atom. The summed E-state index contributed by atoms with van der Waals surface area (Å²) in [6.45, 7) is 25.1. The fraction of sp³-hybridized carbons (Fsp3) is 0.472. The van der Waals surface area contributed by atoms with Gasteiger partial charge in [-0.05, 0) is 79.6 Å². The number of ether oxygens (including phenoxy) is 2. The van der Waals surface area contributed by atoms with Crippen LogP contribution in [0.1, 0.15) is 114 Å². The highest BCUT2D eigenvalue weighted by atomic mass is 79.9. The topological polar surface area (TPSA) is 164 Å². The minimum Gasteiger partial charge on any atom is -0.489 e. The SMILES string of the molecule is [C-]#[N+]c1ccc(OC2C(C)(C)C(NC(=O)c3ccc(C#CCCCCOCC(=O)N[C@H](C(=O)N4C[C@H](O)C[C@H]4C(=O)N[C@@H](C)c4ccc(-c5scnc5C)cc4)C(C)(C)C)cc3)C2(C)C)cc1Br. The Kier molecular flexibility index (Phi) is 16.6. The first-order valence-electron chi connectivity index (χ1n) is 23.0. The number of hydrogen-bond donors (Lipinski definition) is 4. The molecule has 1 aliphatic heterocycles. The predicted molar refractivity (Wildman–Crippen MR) is 268 cm³/mol. The van der Waals surface area contributed by atoms with Crippen LogP contribution < -0.4 is 20.7 Å². The van der Waals surface area contributed by atoms with Gasteiger partial charge in [-0.15, -0.1) is 11.3 Å². The van der Waals surface area contributed by atoms with Gasteiger partial charge in [-0.3, -0.25) is 19.2 Å². The van der Waals surface area contributed by atoms with E-state index in [0.717, 1.165) is 33.7 Å². The van der Waals surface area contributed by atoms with Crippen LogP contribution in [-0.4, -0.2) is 88.7 Å². The van der Waals surface area contributed by atoms with Crippen molar-refractivity contribution in [3.05, 3.63) is 111 Å². The van der Waals surface area contributed by atoms with Gasteiger partial charge >= 0.3 is 0 Å². The first-order valence-corrected chi connectivity index (χ1v) is 24.7. The fourth-order valence-corrected chi connectivity index (χ4v) is 10.7. The summed E-state index contributed by atoms with van der Waals surface area (Å²) in [6, 6.07) is 18.1. The van der Waals surface area contributed by atoms with Crippen molar-refractivity contribution >= 4 is 56.6 Å². The van der Waals surface area contributed by atoms with Gasteiger partial charge in [0.25, 0.3) is 5.91 Å². The number of nitrogens with one attached hydrogen (secondary N) is 3. The van der Waals surface area contributed by atoms with Crippen LogP contribution in [0, 0.1) is 41.6 Å². The van der Waals surface area contributed by atoms with E-state index in [1.165, 1.54) is 4.90 Å². The number of halogens is 1. The van der Waals surface area contributed by atoms with Gasteiger partial charge in [-0.1, -0.05) is 107 Å². The van der Waals surface area contributed by atoms with Crippen molar-refractivity contribution in [2.24, 2.45) is 16.2 Å². The van der Waals surface area contributed by atoms with Crippen molar-refractivity contribution in [1.82, 2.24) is 25.8 Å². The smallest absolute Gasteiger partial charge is 0.251 e. The standard InChI is InChI=1S/C53H63BrN6O7S/c1-32(35-20-22-36(23-21-35)44-33(2)56-31-68-44)57-47(64)42-27-38(61)29-60(42)48(65)45(51(3,4)5)58-43(62)30-66-26-14-12-11-13-15-34-16-18-37(19-17-34)46(63)59-49-52(6,7)50(53(49,8)9)67-39-24-25-41(55-10)40(54)28-39/h16-25,28,31-32,38,42,45,49-50,61H,11-12,14,26-27,29-30H2,1-9H3,(H,57,64)(H,58,62)(H,59,63)/t32-,38+,42-,45+,49?,50?/m0/s1. The first-order chi connectivity index (χ1) is 32.1. The van der Waals surface area contributed by atoms with E-state index in [2.05, 4.69) is 81.2 Å². The van der Waals surface area contributed by atoms with E-state index in [4.69, 9.17) is 16.0 Å². The summed E-state index contributed by atoms with van der Waals surface area (Å²) in [6.07, 6.45) is 1.08. The van der Waals surface area contributed by atoms with Gasteiger partial charge in [0.05, 0.1) is 34.8 Å². The molecule has 4 atom stereocenters. The number of hydrogen-bond acceptors (Lipinski definition) is 9. The maximum Gasteiger partial charge on any atom is 0.251 e. The van der Waals surface area contributed by atoms with Gasteiger partial charge in [-0.25, -0.2) is 9.83 Å². The number of rotatable bonds is 16. The van der Waals surface area contributed by atoms with Crippen molar-refractivity contribution < 1.29 is 33.8 Å². The van der Waals surface area contributed by atoms with Crippen molar-refractivity contribution in [1.29, 1.82) is 0 Å². The largest absolute Gasteiger partial charge is 0.489 e. The third kappa shape index (κ3) is 12.2. The summed E-state index contributed by atoms with van der Waals surface area (Å²) in [7, 11) is 0. The lowest BCUT2D eigenvalue weighted by atomic mass is 9.49. The van der Waals surface area contributed by atoms with Crippen LogP contribution in [0.3, 0.4) is 0 Å². The van der Waals surface area contributed by atoms with Crippen molar-refractivity contribution in [3.63, 3.8) is 0 Å². The highest BCUT2D eigenvalue weighted by Crippen LogP contribution is 2.55. The molecule has 0 radical (unpaired) electrons. The third-order valence-corrected chi connectivity index (χ3v) is 14.5. The van der Waals surface area contributed by atoms with Crippen LogP contribution in [-0.2, 0) is 19.1 Å². The molecule has 6 rings (SSSR count). The average Bonchev–Trinajstić information content (AvgIpc) is 3.91. The molecule has 0 unspecified atom stereocenters. The number of β-amino-alcohol motifs (C(OH)–C–C–N with tert-alkyl or cyclic N) is 1. The predicted octanol–water partition coefficient (Wildman–Crippen LogP) is 8.95. The zero-order valence-electron chi connectivity index (χ0n) is 40.4. The summed E-state index contributed by atoms with van der Waals surface area (Å²) in [5.74, 6) is 5.57. The highest BCUT2D eigenvalue weighted by molar-refractivity contribution is 9.10. The van der Waals surface area contributed by atoms with E-state index in [0.29, 0.717) is 40.9 Å². The number of unbranched alkanes of at least 4 members (excludes halogenated alkanes) is 2. The number of likely N-dealkylation sites (tertiary alicyclic amines) is 1. The van der Waals surface area contributed by atoms with Crippen LogP contribution in [0.15, 0.2) is 76.7 Å². The molecule has 0 spiro atoms. The van der Waals surface area contributed by atoms with E-state index in [-0.39, 0.29) is 60.4 Å². The Balaban J connectivity index is 0.911.